The zero-order valence-electron chi connectivity index (χ0n) is 12.0. The van der Waals surface area contributed by atoms with E-state index in [2.05, 4.69) is 25.5 Å². The summed E-state index contributed by atoms with van der Waals surface area (Å²) in [6.07, 6.45) is 9.74. The Morgan fingerprint density at radius 2 is 2.10 bits per heavy atom. The van der Waals surface area contributed by atoms with Crippen LogP contribution in [0.25, 0.3) is 0 Å². The molecule has 104 valence electrons. The van der Waals surface area contributed by atoms with Gasteiger partial charge in [0.15, 0.2) is 0 Å². The first kappa shape index (κ1) is 14.3. The summed E-state index contributed by atoms with van der Waals surface area (Å²) in [5.41, 5.74) is 3.65. The van der Waals surface area contributed by atoms with E-state index in [0.717, 1.165) is 24.0 Å². The van der Waals surface area contributed by atoms with Crippen LogP contribution in [0.15, 0.2) is 35.9 Å². The molecule has 1 aliphatic carbocycles. The van der Waals surface area contributed by atoms with Crippen LogP contribution in [-0.4, -0.2) is 10.2 Å². The lowest BCUT2D eigenvalue weighted by atomic mass is 9.73. The van der Waals surface area contributed by atoms with Crippen molar-refractivity contribution in [2.75, 3.05) is 0 Å². The van der Waals surface area contributed by atoms with E-state index in [4.69, 9.17) is 6.42 Å². The molecular formula is C18H20O2. The first-order valence-corrected chi connectivity index (χ1v) is 6.79. The van der Waals surface area contributed by atoms with Gasteiger partial charge in [-0.25, -0.2) is 0 Å². The Labute approximate surface area is 120 Å². The van der Waals surface area contributed by atoms with Crippen molar-refractivity contribution in [2.24, 2.45) is 5.92 Å². The Hall–Kier alpha value is -2.14. The van der Waals surface area contributed by atoms with E-state index in [9.17, 15) is 10.2 Å². The van der Waals surface area contributed by atoms with Gasteiger partial charge in [0, 0.05) is 23.1 Å². The van der Waals surface area contributed by atoms with Crippen LogP contribution in [0.3, 0.4) is 0 Å². The minimum atomic E-state index is -0.0115. The van der Waals surface area contributed by atoms with E-state index in [1.165, 1.54) is 17.7 Å². The highest BCUT2D eigenvalue weighted by Gasteiger charge is 2.29. The van der Waals surface area contributed by atoms with Gasteiger partial charge in [-0.1, -0.05) is 29.7 Å². The molecule has 0 amide bonds. The molecule has 0 bridgehead atoms. The van der Waals surface area contributed by atoms with E-state index in [-0.39, 0.29) is 23.3 Å². The van der Waals surface area contributed by atoms with Crippen LogP contribution in [0.2, 0.25) is 0 Å². The Kier molecular flexibility index (Phi) is 3.90. The second-order valence-corrected chi connectivity index (χ2v) is 5.60. The predicted octanol–water partition coefficient (Wildman–Crippen LogP) is 4.10. The van der Waals surface area contributed by atoms with E-state index in [1.807, 2.05) is 6.92 Å². The van der Waals surface area contributed by atoms with E-state index in [1.54, 1.807) is 0 Å². The largest absolute Gasteiger partial charge is 0.508 e. The smallest absolute Gasteiger partial charge is 0.124 e. The van der Waals surface area contributed by atoms with Crippen LogP contribution in [0, 0.1) is 18.3 Å². The average molecular weight is 268 g/mol. The second kappa shape index (κ2) is 5.46. The third-order valence-electron chi connectivity index (χ3n) is 4.01. The highest BCUT2D eigenvalue weighted by molar-refractivity contribution is 5.55. The molecule has 0 heterocycles. The van der Waals surface area contributed by atoms with Gasteiger partial charge in [0.05, 0.1) is 0 Å². The van der Waals surface area contributed by atoms with Gasteiger partial charge in [0.2, 0.25) is 0 Å². The molecule has 0 fully saturated rings. The number of benzene rings is 1. The Bertz CT molecular complexity index is 617. The summed E-state index contributed by atoms with van der Waals surface area (Å²) in [6.45, 7) is 8.18. The van der Waals surface area contributed by atoms with Gasteiger partial charge in [-0.05, 0) is 38.7 Å². The van der Waals surface area contributed by atoms with E-state index >= 15 is 0 Å². The maximum atomic E-state index is 10.2. The number of terminal acetylenes is 1. The summed E-state index contributed by atoms with van der Waals surface area (Å²) in [7, 11) is 0. The molecule has 2 rings (SSSR count). The zero-order chi connectivity index (χ0) is 14.9. The number of rotatable bonds is 2. The number of hydrogen-bond acceptors (Lipinski definition) is 2. The van der Waals surface area contributed by atoms with E-state index in [0.29, 0.717) is 5.56 Å². The molecule has 0 aliphatic heterocycles. The molecular weight excluding hydrogens is 248 g/mol. The van der Waals surface area contributed by atoms with Crippen molar-refractivity contribution < 1.29 is 10.2 Å². The summed E-state index contributed by atoms with van der Waals surface area (Å²) in [5.74, 6) is 2.90. The quantitative estimate of drug-likeness (QED) is 0.626. The third-order valence-corrected chi connectivity index (χ3v) is 4.01. The molecule has 0 saturated carbocycles. The Morgan fingerprint density at radius 3 is 2.70 bits per heavy atom. The van der Waals surface area contributed by atoms with Crippen LogP contribution in [0.4, 0.5) is 0 Å². The van der Waals surface area contributed by atoms with Gasteiger partial charge < -0.3 is 10.2 Å². The lowest BCUT2D eigenvalue weighted by Crippen LogP contribution is -2.18. The van der Waals surface area contributed by atoms with Crippen molar-refractivity contribution >= 4 is 0 Å². The molecule has 2 unspecified atom stereocenters. The average Bonchev–Trinajstić information content (AvgIpc) is 2.37. The van der Waals surface area contributed by atoms with Crippen LogP contribution < -0.4 is 0 Å². The highest BCUT2D eigenvalue weighted by atomic mass is 16.3. The van der Waals surface area contributed by atoms with Crippen molar-refractivity contribution in [1.29, 1.82) is 0 Å². The second-order valence-electron chi connectivity index (χ2n) is 5.60. The van der Waals surface area contributed by atoms with Gasteiger partial charge >= 0.3 is 0 Å². The van der Waals surface area contributed by atoms with Gasteiger partial charge in [0.25, 0.3) is 0 Å². The minimum Gasteiger partial charge on any atom is -0.508 e. The fourth-order valence-electron chi connectivity index (χ4n) is 3.00. The molecule has 2 nitrogen and oxygen atoms in total. The molecule has 1 aromatic rings. The van der Waals surface area contributed by atoms with Crippen molar-refractivity contribution in [1.82, 2.24) is 0 Å². The lowest BCUT2D eigenvalue weighted by Gasteiger charge is -2.31. The first-order valence-electron chi connectivity index (χ1n) is 6.79. The number of hydrogen-bond donors (Lipinski definition) is 2. The van der Waals surface area contributed by atoms with Crippen LogP contribution >= 0.6 is 0 Å². The highest BCUT2D eigenvalue weighted by Crippen LogP contribution is 2.44. The number of allylic oxidation sites excluding steroid dienone is 3. The van der Waals surface area contributed by atoms with Gasteiger partial charge in [-0.3, -0.25) is 0 Å². The third kappa shape index (κ3) is 2.58. The maximum absolute atomic E-state index is 10.2. The van der Waals surface area contributed by atoms with Crippen molar-refractivity contribution in [3.8, 4) is 23.8 Å². The van der Waals surface area contributed by atoms with Crippen LogP contribution in [0.1, 0.15) is 43.7 Å². The summed E-state index contributed by atoms with van der Waals surface area (Å²) in [5, 5.41) is 19.8. The van der Waals surface area contributed by atoms with Gasteiger partial charge in [-0.2, -0.15) is 0 Å². The molecule has 20 heavy (non-hydrogen) atoms. The van der Waals surface area contributed by atoms with E-state index < -0.39 is 0 Å². The molecule has 1 aliphatic rings. The zero-order valence-corrected chi connectivity index (χ0v) is 12.0. The van der Waals surface area contributed by atoms with Gasteiger partial charge in [0.1, 0.15) is 11.5 Å². The SMILES string of the molecule is C#Cc1cc(O)cc(O)c1C1C=C(C)CCC1C(=C)C. The Balaban J connectivity index is 2.61. The monoisotopic (exact) mass is 268 g/mol. The number of phenolic OH excluding ortho intramolecular Hbond substituents is 2. The molecule has 0 aromatic heterocycles. The topological polar surface area (TPSA) is 40.5 Å². The molecule has 2 N–H and O–H groups in total. The number of phenols is 2. The predicted molar refractivity (Wildman–Crippen MR) is 81.7 cm³/mol. The fraction of sp³-hybridized carbons (Fsp3) is 0.333. The molecule has 2 atom stereocenters. The van der Waals surface area contributed by atoms with Gasteiger partial charge in [-0.15, -0.1) is 6.42 Å². The summed E-state index contributed by atoms with van der Waals surface area (Å²) < 4.78 is 0. The first-order chi connectivity index (χ1) is 9.43. The van der Waals surface area contributed by atoms with Crippen LogP contribution in [0.5, 0.6) is 11.5 Å². The number of aromatic hydroxyl groups is 2. The van der Waals surface area contributed by atoms with Crippen molar-refractivity contribution in [3.63, 3.8) is 0 Å². The lowest BCUT2D eigenvalue weighted by molar-refractivity contribution is 0.425. The standard InChI is InChI=1S/C18H20O2/c1-5-13-9-14(19)10-17(20)18(13)16-8-12(4)6-7-15(16)11(2)3/h1,8-10,15-16,19-20H,2,6-7H2,3-4H3. The molecule has 1 aromatic carbocycles. The Morgan fingerprint density at radius 1 is 1.40 bits per heavy atom. The van der Waals surface area contributed by atoms with Crippen molar-refractivity contribution in [2.45, 2.75) is 32.6 Å². The molecule has 0 saturated heterocycles. The summed E-state index contributed by atoms with van der Waals surface area (Å²) in [6, 6.07) is 2.88. The van der Waals surface area contributed by atoms with Crippen LogP contribution in [-0.2, 0) is 0 Å². The van der Waals surface area contributed by atoms with Crippen molar-refractivity contribution in [3.05, 3.63) is 47.1 Å². The molecule has 2 heteroatoms. The summed E-state index contributed by atoms with van der Waals surface area (Å²) >= 11 is 0. The molecule has 0 radical (unpaired) electrons. The summed E-state index contributed by atoms with van der Waals surface area (Å²) in [4.78, 5) is 0. The molecule has 0 spiro atoms. The maximum Gasteiger partial charge on any atom is 0.124 e. The fourth-order valence-corrected chi connectivity index (χ4v) is 3.00. The normalized spacial score (nSPS) is 21.9. The minimum absolute atomic E-state index is 0.0115.